The molecule has 0 saturated carbocycles. The fourth-order valence-corrected chi connectivity index (χ4v) is 7.47. The highest BCUT2D eigenvalue weighted by Gasteiger charge is 2.73. The molecule has 46 heavy (non-hydrogen) atoms. The maximum absolute atomic E-state index is 14.6. The summed E-state index contributed by atoms with van der Waals surface area (Å²) in [5.41, 5.74) is -0.532. The number of aliphatic hydroxyl groups excluding tert-OH is 1. The molecule has 0 radical (unpaired) electrons. The number of cyclic esters (lactones) is 1. The molecule has 1 aromatic rings. The number of likely N-dealkylation sites (N-methyl/N-ethyl adjacent to an activating group) is 1. The Hall–Kier alpha value is -3.50. The number of carbonyl (C=O) groups excluding carboxylic acids is 4. The van der Waals surface area contributed by atoms with Gasteiger partial charge in [0, 0.05) is 39.7 Å². The molecule has 1 aromatic carbocycles. The van der Waals surface area contributed by atoms with E-state index >= 15 is 0 Å². The van der Waals surface area contributed by atoms with E-state index in [0.29, 0.717) is 45.3 Å². The number of allylic oxidation sites excluding steroid dienone is 1. The molecule has 1 spiro atoms. The molecule has 250 valence electrons. The monoisotopic (exact) mass is 635 g/mol. The summed E-state index contributed by atoms with van der Waals surface area (Å²) in [6, 6.07) is 7.94. The number of unbranched alkanes of at least 4 members (excludes halogenated alkanes) is 4. The van der Waals surface area contributed by atoms with E-state index in [2.05, 4.69) is 6.92 Å². The van der Waals surface area contributed by atoms with Gasteiger partial charge in [0.15, 0.2) is 0 Å². The minimum absolute atomic E-state index is 0.0592. The molecule has 5 bridgehead atoms. The summed E-state index contributed by atoms with van der Waals surface area (Å²) in [5.74, 6) is -2.97. The summed E-state index contributed by atoms with van der Waals surface area (Å²) < 4.78 is 12.8. The van der Waals surface area contributed by atoms with Gasteiger partial charge < -0.3 is 29.3 Å². The number of carbonyl (C=O) groups is 4. The van der Waals surface area contributed by atoms with E-state index in [1.807, 2.05) is 55.5 Å². The zero-order chi connectivity index (χ0) is 32.8. The molecule has 5 rings (SSSR count). The summed E-state index contributed by atoms with van der Waals surface area (Å²) in [6.45, 7) is 5.23. The van der Waals surface area contributed by atoms with Crippen molar-refractivity contribution in [2.75, 3.05) is 33.3 Å². The van der Waals surface area contributed by atoms with Crippen LogP contribution in [0.25, 0.3) is 0 Å². The van der Waals surface area contributed by atoms with E-state index in [1.54, 1.807) is 27.8 Å². The van der Waals surface area contributed by atoms with E-state index in [4.69, 9.17) is 9.47 Å². The second-order valence-corrected chi connectivity index (χ2v) is 13.0. The molecule has 2 saturated heterocycles. The van der Waals surface area contributed by atoms with Crippen LogP contribution in [0.5, 0.6) is 0 Å². The molecule has 0 aliphatic carbocycles. The lowest BCUT2D eigenvalue weighted by Crippen LogP contribution is -2.56. The molecular weight excluding hydrogens is 586 g/mol. The quantitative estimate of drug-likeness (QED) is 0.236. The SMILES string of the molecule is CCCCCN1C/C=C\CCC(=O)N(C)[C@H](C)[C@@H](c2ccccc2)OC(=O)[C@@H]2[C@@H]3C=C[C@]4(O3)[C@H](C1=O)N(CCCCCO)C(=O)[C@@H]24. The van der Waals surface area contributed by atoms with Gasteiger partial charge in [0.05, 0.1) is 18.1 Å². The summed E-state index contributed by atoms with van der Waals surface area (Å²) in [4.78, 5) is 61.5. The van der Waals surface area contributed by atoms with Crippen molar-refractivity contribution < 1.29 is 33.8 Å². The average molecular weight is 636 g/mol. The lowest BCUT2D eigenvalue weighted by Gasteiger charge is -2.36. The number of amides is 3. The molecule has 2 fully saturated rings. The van der Waals surface area contributed by atoms with Gasteiger partial charge in [0.1, 0.15) is 23.7 Å². The molecule has 3 amide bonds. The van der Waals surface area contributed by atoms with Crippen molar-refractivity contribution in [1.29, 1.82) is 0 Å². The van der Waals surface area contributed by atoms with Gasteiger partial charge in [0.2, 0.25) is 17.7 Å². The van der Waals surface area contributed by atoms with Crippen LogP contribution >= 0.6 is 0 Å². The molecule has 1 N–H and O–H groups in total. The second kappa shape index (κ2) is 14.9. The fourth-order valence-electron chi connectivity index (χ4n) is 7.47. The number of nitrogens with zero attached hydrogens (tertiary/aromatic N) is 3. The second-order valence-electron chi connectivity index (χ2n) is 13.0. The van der Waals surface area contributed by atoms with E-state index < -0.39 is 47.7 Å². The van der Waals surface area contributed by atoms with Crippen molar-refractivity contribution in [2.24, 2.45) is 11.8 Å². The molecule has 0 unspecified atom stereocenters. The number of likely N-dealkylation sites (tertiary alicyclic amines) is 1. The number of fused-ring (bicyclic) bond motifs is 2. The van der Waals surface area contributed by atoms with Crippen LogP contribution < -0.4 is 0 Å². The largest absolute Gasteiger partial charge is 0.455 e. The van der Waals surface area contributed by atoms with Gasteiger partial charge in [-0.15, -0.1) is 0 Å². The Morgan fingerprint density at radius 1 is 0.957 bits per heavy atom. The van der Waals surface area contributed by atoms with E-state index in [0.717, 1.165) is 24.8 Å². The van der Waals surface area contributed by atoms with Crippen LogP contribution in [-0.2, 0) is 28.7 Å². The van der Waals surface area contributed by atoms with Crippen LogP contribution in [0.15, 0.2) is 54.6 Å². The Balaban J connectivity index is 1.55. The van der Waals surface area contributed by atoms with Crippen molar-refractivity contribution in [3.05, 3.63) is 60.2 Å². The number of hydrogen-bond acceptors (Lipinski definition) is 7. The topological polar surface area (TPSA) is 117 Å². The molecule has 4 aliphatic rings. The summed E-state index contributed by atoms with van der Waals surface area (Å²) in [5, 5.41) is 9.34. The van der Waals surface area contributed by atoms with Gasteiger partial charge in [-0.05, 0) is 44.6 Å². The van der Waals surface area contributed by atoms with E-state index in [9.17, 15) is 24.3 Å². The van der Waals surface area contributed by atoms with Crippen molar-refractivity contribution in [2.45, 2.75) is 95.1 Å². The summed E-state index contributed by atoms with van der Waals surface area (Å²) in [7, 11) is 1.72. The normalized spacial score (nSPS) is 32.3. The fraction of sp³-hybridized carbons (Fsp3) is 0.611. The number of ether oxygens (including phenoxy) is 2. The van der Waals surface area contributed by atoms with Crippen molar-refractivity contribution in [1.82, 2.24) is 14.7 Å². The highest BCUT2D eigenvalue weighted by Crippen LogP contribution is 2.56. The van der Waals surface area contributed by atoms with Crippen LogP contribution in [0.3, 0.4) is 0 Å². The number of benzene rings is 1. The van der Waals surface area contributed by atoms with Crippen LogP contribution in [0.2, 0.25) is 0 Å². The average Bonchev–Trinajstić information content (AvgIpc) is 3.70. The maximum Gasteiger partial charge on any atom is 0.313 e. The molecular formula is C36H49N3O7. The Bertz CT molecular complexity index is 1320. The minimum Gasteiger partial charge on any atom is -0.455 e. The molecule has 0 aromatic heterocycles. The van der Waals surface area contributed by atoms with E-state index in [-0.39, 0.29) is 30.7 Å². The van der Waals surface area contributed by atoms with Crippen molar-refractivity contribution in [3.63, 3.8) is 0 Å². The molecule has 4 aliphatic heterocycles. The lowest BCUT2D eigenvalue weighted by atomic mass is 9.74. The Morgan fingerprint density at radius 3 is 2.46 bits per heavy atom. The Labute approximate surface area is 272 Å². The maximum atomic E-state index is 14.6. The Morgan fingerprint density at radius 2 is 1.72 bits per heavy atom. The smallest absolute Gasteiger partial charge is 0.313 e. The molecule has 10 heteroatoms. The lowest BCUT2D eigenvalue weighted by molar-refractivity contribution is -0.164. The number of aliphatic hydroxyl groups is 1. The third-order valence-electron chi connectivity index (χ3n) is 10.1. The molecule has 10 nitrogen and oxygen atoms in total. The van der Waals surface area contributed by atoms with Gasteiger partial charge in [-0.1, -0.05) is 74.4 Å². The van der Waals surface area contributed by atoms with Crippen LogP contribution in [0, 0.1) is 11.8 Å². The van der Waals surface area contributed by atoms with Crippen molar-refractivity contribution >= 4 is 23.7 Å². The van der Waals surface area contributed by atoms with Crippen LogP contribution in [0.4, 0.5) is 0 Å². The highest BCUT2D eigenvalue weighted by molar-refractivity contribution is 5.99. The van der Waals surface area contributed by atoms with E-state index in [1.165, 1.54) is 0 Å². The van der Waals surface area contributed by atoms with Crippen molar-refractivity contribution in [3.8, 4) is 0 Å². The molecule has 7 atom stereocenters. The predicted molar refractivity (Wildman–Crippen MR) is 172 cm³/mol. The zero-order valence-corrected chi connectivity index (χ0v) is 27.4. The first-order valence-electron chi connectivity index (χ1n) is 17.0. The zero-order valence-electron chi connectivity index (χ0n) is 27.4. The first-order valence-corrected chi connectivity index (χ1v) is 17.0. The first-order chi connectivity index (χ1) is 22.2. The highest BCUT2D eigenvalue weighted by atomic mass is 16.6. The number of rotatable bonds is 10. The first kappa shape index (κ1) is 33.9. The van der Waals surface area contributed by atoms with Gasteiger partial charge in [-0.3, -0.25) is 19.2 Å². The third kappa shape index (κ3) is 6.51. The van der Waals surface area contributed by atoms with Gasteiger partial charge in [-0.25, -0.2) is 0 Å². The van der Waals surface area contributed by atoms with Crippen LogP contribution in [-0.4, -0.2) is 101 Å². The predicted octanol–water partition coefficient (Wildman–Crippen LogP) is 3.80. The number of hydrogen-bond donors (Lipinski definition) is 1. The summed E-state index contributed by atoms with van der Waals surface area (Å²) in [6.07, 6.45) is 11.5. The van der Waals surface area contributed by atoms with Gasteiger partial charge in [0.25, 0.3) is 0 Å². The standard InChI is InChI=1S/C36H49N3O7/c1-4-5-12-21-38-22-13-7-11-18-28(41)37(3)25(2)31(26-16-9-6-10-17-26)45-35(44)29-27-19-20-36(46-27)30(29)33(42)39(32(36)34(38)43)23-14-8-15-24-40/h6-7,9-10,13,16-17,19-20,25,27,29-32,40H,4-5,8,11-12,14-15,18,21-24H2,1-3H3/b13-7-/t25-,27+,29-,30-,31+,32+,36-/m1/s1. The van der Waals surface area contributed by atoms with Crippen LogP contribution in [0.1, 0.15) is 76.9 Å². The summed E-state index contributed by atoms with van der Waals surface area (Å²) >= 11 is 0. The molecule has 4 heterocycles. The van der Waals surface area contributed by atoms with Gasteiger partial charge >= 0.3 is 5.97 Å². The number of esters is 1. The minimum atomic E-state index is -1.28. The van der Waals surface area contributed by atoms with Gasteiger partial charge in [-0.2, -0.15) is 0 Å². The third-order valence-corrected chi connectivity index (χ3v) is 10.1. The Kier molecular flexibility index (Phi) is 11.0.